The van der Waals surface area contributed by atoms with Crippen LogP contribution in [0.25, 0.3) is 0 Å². The van der Waals surface area contributed by atoms with Crippen molar-refractivity contribution in [2.75, 3.05) is 53.5 Å². The van der Waals surface area contributed by atoms with Crippen LogP contribution in [0.3, 0.4) is 0 Å². The predicted molar refractivity (Wildman–Crippen MR) is 81.7 cm³/mol. The number of hydrogen-bond donors (Lipinski definition) is 0. The van der Waals surface area contributed by atoms with E-state index in [1.807, 2.05) is 24.3 Å². The molecule has 1 aromatic rings. The molecule has 20 heavy (non-hydrogen) atoms. The molecule has 1 aliphatic heterocycles. The standard InChI is InChI=1S/C16H26N2O2/c1-17-10-12-18(13-11-17)9-3-4-14-20-16-7-5-15(19-2)6-8-16/h5-8H,3-4,9-14H2,1-2H3. The number of unbranched alkanes of at least 4 members (excludes halogenated alkanes) is 1. The van der Waals surface area contributed by atoms with E-state index in [0.29, 0.717) is 0 Å². The van der Waals surface area contributed by atoms with Gasteiger partial charge in [0.15, 0.2) is 0 Å². The van der Waals surface area contributed by atoms with Gasteiger partial charge in [-0.25, -0.2) is 0 Å². The van der Waals surface area contributed by atoms with Crippen LogP contribution < -0.4 is 9.47 Å². The Morgan fingerprint density at radius 1 is 0.950 bits per heavy atom. The Bertz CT molecular complexity index is 373. The second kappa shape index (κ2) is 8.12. The highest BCUT2D eigenvalue weighted by Crippen LogP contribution is 2.17. The fourth-order valence-corrected chi connectivity index (χ4v) is 2.37. The molecule has 1 aliphatic rings. The third kappa shape index (κ3) is 5.02. The first-order valence-corrected chi connectivity index (χ1v) is 7.45. The van der Waals surface area contributed by atoms with Crippen LogP contribution in [0, 0.1) is 0 Å². The highest BCUT2D eigenvalue weighted by molar-refractivity contribution is 5.31. The monoisotopic (exact) mass is 278 g/mol. The average molecular weight is 278 g/mol. The highest BCUT2D eigenvalue weighted by Gasteiger charge is 2.12. The molecule has 0 spiro atoms. The van der Waals surface area contributed by atoms with Crippen molar-refractivity contribution >= 4 is 0 Å². The highest BCUT2D eigenvalue weighted by atomic mass is 16.5. The van der Waals surface area contributed by atoms with Gasteiger partial charge < -0.3 is 19.3 Å². The van der Waals surface area contributed by atoms with Gasteiger partial charge in [0.2, 0.25) is 0 Å². The molecule has 1 aromatic carbocycles. The topological polar surface area (TPSA) is 24.9 Å². The number of rotatable bonds is 7. The molecule has 0 aliphatic carbocycles. The van der Waals surface area contributed by atoms with Crippen LogP contribution in [-0.4, -0.2) is 63.3 Å². The van der Waals surface area contributed by atoms with Gasteiger partial charge in [0.05, 0.1) is 13.7 Å². The predicted octanol–water partition coefficient (Wildman–Crippen LogP) is 2.10. The van der Waals surface area contributed by atoms with Crippen molar-refractivity contribution in [1.82, 2.24) is 9.80 Å². The molecule has 2 rings (SSSR count). The summed E-state index contributed by atoms with van der Waals surface area (Å²) in [6, 6.07) is 7.78. The van der Waals surface area contributed by atoms with Gasteiger partial charge >= 0.3 is 0 Å². The quantitative estimate of drug-likeness (QED) is 0.713. The summed E-state index contributed by atoms with van der Waals surface area (Å²) in [5.74, 6) is 1.79. The van der Waals surface area contributed by atoms with Crippen LogP contribution in [-0.2, 0) is 0 Å². The zero-order chi connectivity index (χ0) is 14.2. The lowest BCUT2D eigenvalue weighted by atomic mass is 10.2. The van der Waals surface area contributed by atoms with E-state index in [2.05, 4.69) is 16.8 Å². The van der Waals surface area contributed by atoms with Crippen molar-refractivity contribution in [3.63, 3.8) is 0 Å². The van der Waals surface area contributed by atoms with Gasteiger partial charge in [-0.15, -0.1) is 0 Å². The summed E-state index contributed by atoms with van der Waals surface area (Å²) < 4.78 is 10.9. The van der Waals surface area contributed by atoms with Crippen LogP contribution in [0.1, 0.15) is 12.8 Å². The Balaban J connectivity index is 1.55. The van der Waals surface area contributed by atoms with Crippen molar-refractivity contribution in [3.05, 3.63) is 24.3 Å². The van der Waals surface area contributed by atoms with Crippen LogP contribution in [0.4, 0.5) is 0 Å². The molecule has 0 aromatic heterocycles. The lowest BCUT2D eigenvalue weighted by molar-refractivity contribution is 0.150. The Morgan fingerprint density at radius 3 is 2.25 bits per heavy atom. The zero-order valence-electron chi connectivity index (χ0n) is 12.7. The number of hydrogen-bond acceptors (Lipinski definition) is 4. The molecule has 1 saturated heterocycles. The number of piperazine rings is 1. The van der Waals surface area contributed by atoms with Crippen LogP contribution in [0.2, 0.25) is 0 Å². The lowest BCUT2D eigenvalue weighted by Gasteiger charge is -2.32. The summed E-state index contributed by atoms with van der Waals surface area (Å²) in [7, 11) is 3.87. The molecular weight excluding hydrogens is 252 g/mol. The first-order valence-electron chi connectivity index (χ1n) is 7.45. The van der Waals surface area contributed by atoms with Gasteiger partial charge in [0, 0.05) is 26.2 Å². The van der Waals surface area contributed by atoms with Crippen molar-refractivity contribution in [2.24, 2.45) is 0 Å². The molecule has 0 saturated carbocycles. The van der Waals surface area contributed by atoms with Crippen molar-refractivity contribution in [1.29, 1.82) is 0 Å². The van der Waals surface area contributed by atoms with Gasteiger partial charge in [-0.05, 0) is 50.7 Å². The fraction of sp³-hybridized carbons (Fsp3) is 0.625. The van der Waals surface area contributed by atoms with Gasteiger partial charge in [0.1, 0.15) is 11.5 Å². The molecule has 4 nitrogen and oxygen atoms in total. The molecule has 0 radical (unpaired) electrons. The third-order valence-corrected chi connectivity index (χ3v) is 3.79. The van der Waals surface area contributed by atoms with E-state index in [9.17, 15) is 0 Å². The van der Waals surface area contributed by atoms with E-state index in [1.54, 1.807) is 7.11 Å². The zero-order valence-corrected chi connectivity index (χ0v) is 12.7. The van der Waals surface area contributed by atoms with Gasteiger partial charge in [-0.2, -0.15) is 0 Å². The summed E-state index contributed by atoms with van der Waals surface area (Å²) in [4.78, 5) is 4.94. The summed E-state index contributed by atoms with van der Waals surface area (Å²) >= 11 is 0. The third-order valence-electron chi connectivity index (χ3n) is 3.79. The Kier molecular flexibility index (Phi) is 6.15. The molecule has 0 amide bonds. The largest absolute Gasteiger partial charge is 0.497 e. The maximum Gasteiger partial charge on any atom is 0.119 e. The summed E-state index contributed by atoms with van der Waals surface area (Å²) in [5.41, 5.74) is 0. The molecule has 0 atom stereocenters. The molecule has 0 unspecified atom stereocenters. The van der Waals surface area contributed by atoms with E-state index in [0.717, 1.165) is 24.5 Å². The molecular formula is C16H26N2O2. The molecule has 1 heterocycles. The van der Waals surface area contributed by atoms with E-state index >= 15 is 0 Å². The molecule has 0 N–H and O–H groups in total. The number of ether oxygens (including phenoxy) is 2. The van der Waals surface area contributed by atoms with Crippen molar-refractivity contribution in [2.45, 2.75) is 12.8 Å². The number of methoxy groups -OCH3 is 1. The minimum absolute atomic E-state index is 0.792. The normalized spacial score (nSPS) is 17.1. The van der Waals surface area contributed by atoms with E-state index in [1.165, 1.54) is 39.1 Å². The second-order valence-corrected chi connectivity index (χ2v) is 5.38. The number of likely N-dealkylation sites (N-methyl/N-ethyl adjacent to an activating group) is 1. The van der Waals surface area contributed by atoms with E-state index in [-0.39, 0.29) is 0 Å². The van der Waals surface area contributed by atoms with Gasteiger partial charge in [-0.3, -0.25) is 0 Å². The maximum absolute atomic E-state index is 5.73. The maximum atomic E-state index is 5.73. The van der Waals surface area contributed by atoms with Crippen LogP contribution in [0.15, 0.2) is 24.3 Å². The van der Waals surface area contributed by atoms with Crippen molar-refractivity contribution in [3.8, 4) is 11.5 Å². The molecule has 4 heteroatoms. The lowest BCUT2D eigenvalue weighted by Crippen LogP contribution is -2.44. The first kappa shape index (κ1) is 15.1. The Morgan fingerprint density at radius 2 is 1.60 bits per heavy atom. The summed E-state index contributed by atoms with van der Waals surface area (Å²) in [6.45, 7) is 6.79. The average Bonchev–Trinajstić information content (AvgIpc) is 2.49. The van der Waals surface area contributed by atoms with Gasteiger partial charge in [0.25, 0.3) is 0 Å². The number of nitrogens with zero attached hydrogens (tertiary/aromatic N) is 2. The van der Waals surface area contributed by atoms with Crippen LogP contribution >= 0.6 is 0 Å². The van der Waals surface area contributed by atoms with E-state index in [4.69, 9.17) is 9.47 Å². The SMILES string of the molecule is COc1ccc(OCCCCN2CCN(C)CC2)cc1. The summed E-state index contributed by atoms with van der Waals surface area (Å²) in [5, 5.41) is 0. The molecule has 112 valence electrons. The number of benzene rings is 1. The van der Waals surface area contributed by atoms with E-state index < -0.39 is 0 Å². The Hall–Kier alpha value is -1.26. The van der Waals surface area contributed by atoms with Gasteiger partial charge in [-0.1, -0.05) is 0 Å². The van der Waals surface area contributed by atoms with Crippen molar-refractivity contribution < 1.29 is 9.47 Å². The summed E-state index contributed by atoms with van der Waals surface area (Å²) in [6.07, 6.45) is 2.32. The molecule has 1 fully saturated rings. The van der Waals surface area contributed by atoms with Crippen LogP contribution in [0.5, 0.6) is 11.5 Å². The minimum atomic E-state index is 0.792. The first-order chi connectivity index (χ1) is 9.78. The minimum Gasteiger partial charge on any atom is -0.497 e. The molecule has 0 bridgehead atoms. The fourth-order valence-electron chi connectivity index (χ4n) is 2.37. The smallest absolute Gasteiger partial charge is 0.119 e. The second-order valence-electron chi connectivity index (χ2n) is 5.38. The Labute approximate surface area is 122 Å².